The van der Waals surface area contributed by atoms with Gasteiger partial charge in [0.15, 0.2) is 0 Å². The van der Waals surface area contributed by atoms with E-state index in [2.05, 4.69) is 36.4 Å². The number of ether oxygens (including phenoxy) is 1. The van der Waals surface area contributed by atoms with E-state index in [9.17, 15) is 5.11 Å². The van der Waals surface area contributed by atoms with Gasteiger partial charge in [-0.1, -0.05) is 91.0 Å². The molecule has 0 heterocycles. The third-order valence-electron chi connectivity index (χ3n) is 4.40. The van der Waals surface area contributed by atoms with Gasteiger partial charge in [0, 0.05) is 0 Å². The Balaban J connectivity index is 2.16. The Hall–Kier alpha value is -2.42. The van der Waals surface area contributed by atoms with Crippen LogP contribution in [0.3, 0.4) is 0 Å². The van der Waals surface area contributed by atoms with Crippen LogP contribution in [0.15, 0.2) is 91.0 Å². The molecule has 0 saturated carbocycles. The summed E-state index contributed by atoms with van der Waals surface area (Å²) in [6, 6.07) is 30.9. The number of benzene rings is 3. The summed E-state index contributed by atoms with van der Waals surface area (Å²) in [5.74, 6) is 0. The van der Waals surface area contributed by atoms with Crippen molar-refractivity contribution in [3.05, 3.63) is 108 Å². The van der Waals surface area contributed by atoms with Crippen molar-refractivity contribution in [1.29, 1.82) is 0 Å². The van der Waals surface area contributed by atoms with Gasteiger partial charge >= 0.3 is 0 Å². The van der Waals surface area contributed by atoms with Crippen LogP contribution in [-0.2, 0) is 10.3 Å². The van der Waals surface area contributed by atoms with Crippen LogP contribution in [0.1, 0.15) is 30.0 Å². The molecule has 3 rings (SSSR count). The summed E-state index contributed by atoms with van der Waals surface area (Å²) in [5.41, 5.74) is 2.55. The molecule has 2 nitrogen and oxygen atoms in total. The minimum Gasteiger partial charge on any atom is -0.393 e. The first-order chi connectivity index (χ1) is 12.2. The maximum Gasteiger partial charge on any atom is 0.143 e. The highest BCUT2D eigenvalue weighted by Gasteiger charge is 2.37. The highest BCUT2D eigenvalue weighted by atomic mass is 16.5. The Morgan fingerprint density at radius 1 is 0.720 bits per heavy atom. The zero-order valence-electron chi connectivity index (χ0n) is 14.5. The monoisotopic (exact) mass is 332 g/mol. The van der Waals surface area contributed by atoms with Gasteiger partial charge in [-0.25, -0.2) is 0 Å². The van der Waals surface area contributed by atoms with Gasteiger partial charge in [0.05, 0.1) is 12.7 Å². The minimum absolute atomic E-state index is 0.389. The number of aliphatic hydroxyl groups excluding tert-OH is 1. The zero-order valence-corrected chi connectivity index (χ0v) is 14.5. The average molecular weight is 332 g/mol. The second-order valence-corrected chi connectivity index (χ2v) is 6.27. The fourth-order valence-electron chi connectivity index (χ4n) is 3.15. The van der Waals surface area contributed by atoms with Crippen molar-refractivity contribution in [2.24, 2.45) is 0 Å². The van der Waals surface area contributed by atoms with Crippen molar-refractivity contribution < 1.29 is 9.84 Å². The van der Waals surface area contributed by atoms with Crippen molar-refractivity contribution in [3.8, 4) is 0 Å². The van der Waals surface area contributed by atoms with Crippen molar-refractivity contribution >= 4 is 0 Å². The molecular weight excluding hydrogens is 308 g/mol. The Morgan fingerprint density at radius 2 is 1.08 bits per heavy atom. The van der Waals surface area contributed by atoms with Crippen LogP contribution < -0.4 is 0 Å². The standard InChI is InChI=1S/C23H24O2/c1-19(24)17-18-25-23(20-11-5-2-6-12-20,21-13-7-3-8-14-21)22-15-9-4-10-16-22/h2-16,19,24H,17-18H2,1H3. The summed E-state index contributed by atoms with van der Waals surface area (Å²) in [6.45, 7) is 2.26. The first-order valence-corrected chi connectivity index (χ1v) is 8.72. The molecule has 0 fully saturated rings. The molecule has 0 bridgehead atoms. The van der Waals surface area contributed by atoms with E-state index in [4.69, 9.17) is 4.74 Å². The predicted molar refractivity (Wildman–Crippen MR) is 101 cm³/mol. The lowest BCUT2D eigenvalue weighted by atomic mass is 9.80. The molecular formula is C23H24O2. The Bertz CT molecular complexity index is 655. The van der Waals surface area contributed by atoms with E-state index >= 15 is 0 Å². The zero-order chi connectivity index (χ0) is 17.5. The third kappa shape index (κ3) is 3.81. The SMILES string of the molecule is CC(O)CCOC(c1ccccc1)(c1ccccc1)c1ccccc1. The molecule has 2 heteroatoms. The van der Waals surface area contributed by atoms with Crippen molar-refractivity contribution in [1.82, 2.24) is 0 Å². The van der Waals surface area contributed by atoms with E-state index in [1.165, 1.54) is 0 Å². The third-order valence-corrected chi connectivity index (χ3v) is 4.40. The lowest BCUT2D eigenvalue weighted by molar-refractivity contribution is -0.00298. The van der Waals surface area contributed by atoms with E-state index in [0.29, 0.717) is 13.0 Å². The number of hydrogen-bond acceptors (Lipinski definition) is 2. The summed E-state index contributed by atoms with van der Waals surface area (Å²) < 4.78 is 6.54. The van der Waals surface area contributed by atoms with Crippen LogP contribution in [0, 0.1) is 0 Å². The molecule has 0 aliphatic rings. The fraction of sp³-hybridized carbons (Fsp3) is 0.217. The van der Waals surface area contributed by atoms with Crippen LogP contribution in [-0.4, -0.2) is 17.8 Å². The van der Waals surface area contributed by atoms with Crippen LogP contribution >= 0.6 is 0 Å². The predicted octanol–water partition coefficient (Wildman–Crippen LogP) is 4.77. The van der Waals surface area contributed by atoms with E-state index < -0.39 is 5.60 Å². The molecule has 0 radical (unpaired) electrons. The van der Waals surface area contributed by atoms with Gasteiger partial charge in [-0.3, -0.25) is 0 Å². The second-order valence-electron chi connectivity index (χ2n) is 6.27. The molecule has 1 unspecified atom stereocenters. The normalized spacial score (nSPS) is 12.7. The van der Waals surface area contributed by atoms with Crippen LogP contribution in [0.2, 0.25) is 0 Å². The van der Waals surface area contributed by atoms with E-state index in [1.54, 1.807) is 6.92 Å². The van der Waals surface area contributed by atoms with Gasteiger partial charge < -0.3 is 9.84 Å². The molecule has 0 spiro atoms. The Kier molecular flexibility index (Phi) is 5.64. The largest absolute Gasteiger partial charge is 0.393 e. The minimum atomic E-state index is -0.696. The molecule has 3 aromatic carbocycles. The maximum absolute atomic E-state index is 9.68. The molecule has 3 aromatic rings. The summed E-state index contributed by atoms with van der Waals surface area (Å²) in [6.07, 6.45) is 0.203. The lowest BCUT2D eigenvalue weighted by Crippen LogP contribution is -2.33. The Labute approximate surface area is 149 Å². The van der Waals surface area contributed by atoms with Gasteiger partial charge in [-0.15, -0.1) is 0 Å². The lowest BCUT2D eigenvalue weighted by Gasteiger charge is -2.36. The number of aliphatic hydroxyl groups is 1. The highest BCUT2D eigenvalue weighted by molar-refractivity contribution is 5.47. The highest BCUT2D eigenvalue weighted by Crippen LogP contribution is 2.40. The van der Waals surface area contributed by atoms with Gasteiger partial charge in [0.1, 0.15) is 5.60 Å². The summed E-state index contributed by atoms with van der Waals surface area (Å²) in [7, 11) is 0. The maximum atomic E-state index is 9.68. The van der Waals surface area contributed by atoms with Crippen molar-refractivity contribution in [2.75, 3.05) is 6.61 Å². The summed E-state index contributed by atoms with van der Waals surface area (Å²) in [4.78, 5) is 0. The first-order valence-electron chi connectivity index (χ1n) is 8.72. The molecule has 0 aromatic heterocycles. The molecule has 0 aliphatic heterocycles. The summed E-state index contributed by atoms with van der Waals surface area (Å²) >= 11 is 0. The number of hydrogen-bond donors (Lipinski definition) is 1. The average Bonchev–Trinajstić information content (AvgIpc) is 2.67. The second kappa shape index (κ2) is 8.11. The molecule has 1 atom stereocenters. The van der Waals surface area contributed by atoms with Gasteiger partial charge in [-0.05, 0) is 30.0 Å². The fourth-order valence-corrected chi connectivity index (χ4v) is 3.15. The topological polar surface area (TPSA) is 29.5 Å². The van der Waals surface area contributed by atoms with Gasteiger partial charge in [0.2, 0.25) is 0 Å². The molecule has 0 saturated heterocycles. The van der Waals surface area contributed by atoms with E-state index in [1.807, 2.05) is 54.6 Å². The summed E-state index contributed by atoms with van der Waals surface area (Å²) in [5, 5.41) is 9.68. The Morgan fingerprint density at radius 3 is 1.40 bits per heavy atom. The smallest absolute Gasteiger partial charge is 0.143 e. The quantitative estimate of drug-likeness (QED) is 0.632. The van der Waals surface area contributed by atoms with Gasteiger partial charge in [0.25, 0.3) is 0 Å². The molecule has 128 valence electrons. The van der Waals surface area contributed by atoms with Crippen molar-refractivity contribution in [3.63, 3.8) is 0 Å². The van der Waals surface area contributed by atoms with Crippen LogP contribution in [0.4, 0.5) is 0 Å². The van der Waals surface area contributed by atoms with Crippen LogP contribution in [0.5, 0.6) is 0 Å². The molecule has 25 heavy (non-hydrogen) atoms. The molecule has 0 aliphatic carbocycles. The van der Waals surface area contributed by atoms with E-state index in [-0.39, 0.29) is 6.10 Å². The van der Waals surface area contributed by atoms with Crippen molar-refractivity contribution in [2.45, 2.75) is 25.0 Å². The molecule has 0 amide bonds. The van der Waals surface area contributed by atoms with Crippen LogP contribution in [0.25, 0.3) is 0 Å². The van der Waals surface area contributed by atoms with E-state index in [0.717, 1.165) is 16.7 Å². The first kappa shape index (κ1) is 17.4. The van der Waals surface area contributed by atoms with Gasteiger partial charge in [-0.2, -0.15) is 0 Å². The number of rotatable bonds is 7. The molecule has 1 N–H and O–H groups in total.